The summed E-state index contributed by atoms with van der Waals surface area (Å²) < 4.78 is 11.2. The van der Waals surface area contributed by atoms with Gasteiger partial charge in [0.25, 0.3) is 5.91 Å². The molecule has 0 spiro atoms. The Morgan fingerprint density at radius 3 is 2.12 bits per heavy atom. The standard InChI is InChI=1S/C23H28N6O3/c1-26-8-10-27(11-9-26)20-6-7-21(25-24-20)28-12-14-29(15-13-28)23(30)19-16-17-4-3-5-18(31-2)22(17)32-19/h3-7,16H,8-15H2,1-2H3. The Morgan fingerprint density at radius 1 is 0.906 bits per heavy atom. The zero-order valence-electron chi connectivity index (χ0n) is 18.5. The molecule has 0 saturated carbocycles. The lowest BCUT2D eigenvalue weighted by Crippen LogP contribution is -2.49. The van der Waals surface area contributed by atoms with Crippen LogP contribution >= 0.6 is 0 Å². The number of carbonyl (C=O) groups excluding carboxylic acids is 1. The van der Waals surface area contributed by atoms with Crippen molar-refractivity contribution in [3.8, 4) is 5.75 Å². The zero-order chi connectivity index (χ0) is 22.1. The van der Waals surface area contributed by atoms with E-state index >= 15 is 0 Å². The van der Waals surface area contributed by atoms with Crippen LogP contribution < -0.4 is 14.5 Å². The lowest BCUT2D eigenvalue weighted by atomic mass is 10.2. The topological polar surface area (TPSA) is 78.2 Å². The summed E-state index contributed by atoms with van der Waals surface area (Å²) in [6.07, 6.45) is 0. The van der Waals surface area contributed by atoms with E-state index in [1.807, 2.05) is 35.2 Å². The van der Waals surface area contributed by atoms with Crippen LogP contribution in [-0.4, -0.2) is 92.4 Å². The van der Waals surface area contributed by atoms with Crippen molar-refractivity contribution < 1.29 is 13.9 Å². The quantitative estimate of drug-likeness (QED) is 0.614. The fourth-order valence-corrected chi connectivity index (χ4v) is 4.29. The molecule has 0 radical (unpaired) electrons. The smallest absolute Gasteiger partial charge is 0.289 e. The van der Waals surface area contributed by atoms with Crippen molar-refractivity contribution >= 4 is 28.5 Å². The fraction of sp³-hybridized carbons (Fsp3) is 0.435. The molecule has 4 heterocycles. The lowest BCUT2D eigenvalue weighted by molar-refractivity contribution is 0.0716. The molecule has 2 aliphatic rings. The van der Waals surface area contributed by atoms with Gasteiger partial charge in [-0.05, 0) is 31.3 Å². The van der Waals surface area contributed by atoms with Crippen LogP contribution in [0.3, 0.4) is 0 Å². The average Bonchev–Trinajstić information content (AvgIpc) is 3.29. The zero-order valence-corrected chi connectivity index (χ0v) is 18.5. The van der Waals surface area contributed by atoms with Crippen LogP contribution in [0, 0.1) is 0 Å². The second-order valence-electron chi connectivity index (χ2n) is 8.31. The van der Waals surface area contributed by atoms with E-state index in [9.17, 15) is 4.79 Å². The van der Waals surface area contributed by atoms with Crippen LogP contribution in [0.5, 0.6) is 5.75 Å². The van der Waals surface area contributed by atoms with Crippen LogP contribution in [-0.2, 0) is 0 Å². The van der Waals surface area contributed by atoms with Crippen molar-refractivity contribution in [2.24, 2.45) is 0 Å². The largest absolute Gasteiger partial charge is 0.493 e. The number of carbonyl (C=O) groups is 1. The first-order valence-electron chi connectivity index (χ1n) is 11.0. The number of likely N-dealkylation sites (N-methyl/N-ethyl adjacent to an activating group) is 1. The van der Waals surface area contributed by atoms with Gasteiger partial charge in [0, 0.05) is 57.7 Å². The second-order valence-corrected chi connectivity index (χ2v) is 8.31. The molecule has 1 amide bonds. The van der Waals surface area contributed by atoms with Gasteiger partial charge in [0.2, 0.25) is 0 Å². The average molecular weight is 437 g/mol. The summed E-state index contributed by atoms with van der Waals surface area (Å²) >= 11 is 0. The second kappa shape index (κ2) is 8.66. The summed E-state index contributed by atoms with van der Waals surface area (Å²) in [7, 11) is 3.74. The number of hydrogen-bond donors (Lipinski definition) is 0. The SMILES string of the molecule is COc1cccc2cc(C(=O)N3CCN(c4ccc(N5CCN(C)CC5)nn4)CC3)oc12. The number of para-hydroxylation sites is 1. The number of ether oxygens (including phenoxy) is 1. The molecule has 0 aliphatic carbocycles. The molecule has 3 aromatic rings. The predicted octanol–water partition coefficient (Wildman–Crippen LogP) is 1.95. The third-order valence-electron chi connectivity index (χ3n) is 6.29. The van der Waals surface area contributed by atoms with Gasteiger partial charge in [-0.2, -0.15) is 0 Å². The molecule has 5 rings (SSSR count). The summed E-state index contributed by atoms with van der Waals surface area (Å²) in [5, 5.41) is 9.77. The maximum Gasteiger partial charge on any atom is 0.289 e. The fourth-order valence-electron chi connectivity index (χ4n) is 4.29. The van der Waals surface area contributed by atoms with Crippen molar-refractivity contribution in [2.75, 3.05) is 76.3 Å². The van der Waals surface area contributed by atoms with Gasteiger partial charge in [-0.25, -0.2) is 0 Å². The molecule has 9 heteroatoms. The van der Waals surface area contributed by atoms with Gasteiger partial charge in [-0.15, -0.1) is 10.2 Å². The van der Waals surface area contributed by atoms with E-state index in [-0.39, 0.29) is 5.91 Å². The number of methoxy groups -OCH3 is 1. The van der Waals surface area contributed by atoms with E-state index in [4.69, 9.17) is 9.15 Å². The van der Waals surface area contributed by atoms with Gasteiger partial charge in [-0.1, -0.05) is 12.1 Å². The molecular formula is C23H28N6O3. The molecule has 2 fully saturated rings. The van der Waals surface area contributed by atoms with Gasteiger partial charge in [0.1, 0.15) is 0 Å². The Kier molecular flexibility index (Phi) is 5.57. The third-order valence-corrected chi connectivity index (χ3v) is 6.29. The van der Waals surface area contributed by atoms with Gasteiger partial charge in [0.15, 0.2) is 28.7 Å². The van der Waals surface area contributed by atoms with E-state index in [0.29, 0.717) is 43.3 Å². The van der Waals surface area contributed by atoms with E-state index < -0.39 is 0 Å². The molecule has 0 bridgehead atoms. The minimum absolute atomic E-state index is 0.0978. The Labute approximate surface area is 187 Å². The minimum Gasteiger partial charge on any atom is -0.493 e. The van der Waals surface area contributed by atoms with Crippen molar-refractivity contribution in [3.63, 3.8) is 0 Å². The number of furan rings is 1. The normalized spacial score (nSPS) is 17.8. The van der Waals surface area contributed by atoms with E-state index in [2.05, 4.69) is 31.9 Å². The van der Waals surface area contributed by atoms with Gasteiger partial charge >= 0.3 is 0 Å². The first kappa shape index (κ1) is 20.6. The molecule has 0 N–H and O–H groups in total. The molecule has 168 valence electrons. The Balaban J connectivity index is 1.21. The highest BCUT2D eigenvalue weighted by atomic mass is 16.5. The summed E-state index contributed by atoms with van der Waals surface area (Å²) in [6, 6.07) is 11.5. The van der Waals surface area contributed by atoms with E-state index in [1.165, 1.54) is 0 Å². The molecule has 0 atom stereocenters. The van der Waals surface area contributed by atoms with Crippen molar-refractivity contribution in [1.82, 2.24) is 20.0 Å². The number of aromatic nitrogens is 2. The number of benzene rings is 1. The number of piperazine rings is 2. The monoisotopic (exact) mass is 436 g/mol. The lowest BCUT2D eigenvalue weighted by Gasteiger charge is -2.35. The van der Waals surface area contributed by atoms with Crippen LogP contribution in [0.25, 0.3) is 11.0 Å². The highest BCUT2D eigenvalue weighted by molar-refractivity contribution is 5.97. The summed E-state index contributed by atoms with van der Waals surface area (Å²) in [5.74, 6) is 2.65. The molecule has 9 nitrogen and oxygen atoms in total. The molecule has 0 unspecified atom stereocenters. The Bertz CT molecular complexity index is 1080. The third kappa shape index (κ3) is 3.95. The maximum absolute atomic E-state index is 13.0. The Morgan fingerprint density at radius 2 is 1.53 bits per heavy atom. The first-order valence-corrected chi connectivity index (χ1v) is 11.0. The van der Waals surface area contributed by atoms with Crippen molar-refractivity contribution in [1.29, 1.82) is 0 Å². The first-order chi connectivity index (χ1) is 15.6. The molecule has 32 heavy (non-hydrogen) atoms. The van der Waals surface area contributed by atoms with Crippen molar-refractivity contribution in [3.05, 3.63) is 42.2 Å². The molecular weight excluding hydrogens is 408 g/mol. The number of fused-ring (bicyclic) bond motifs is 1. The molecule has 1 aromatic carbocycles. The van der Waals surface area contributed by atoms with E-state index in [0.717, 1.165) is 43.2 Å². The predicted molar refractivity (Wildman–Crippen MR) is 123 cm³/mol. The molecule has 2 saturated heterocycles. The van der Waals surface area contributed by atoms with Gasteiger partial charge in [-0.3, -0.25) is 4.79 Å². The van der Waals surface area contributed by atoms with Gasteiger partial charge < -0.3 is 28.8 Å². The minimum atomic E-state index is -0.0978. The van der Waals surface area contributed by atoms with Crippen LogP contribution in [0.15, 0.2) is 40.8 Å². The number of anilines is 2. The summed E-state index contributed by atoms with van der Waals surface area (Å²) in [5.41, 5.74) is 0.604. The number of rotatable bonds is 4. The Hall–Kier alpha value is -3.33. The van der Waals surface area contributed by atoms with Crippen LogP contribution in [0.2, 0.25) is 0 Å². The summed E-state index contributed by atoms with van der Waals surface area (Å²) in [6.45, 7) is 6.65. The maximum atomic E-state index is 13.0. The molecule has 2 aromatic heterocycles. The number of amides is 1. The van der Waals surface area contributed by atoms with E-state index in [1.54, 1.807) is 13.2 Å². The summed E-state index contributed by atoms with van der Waals surface area (Å²) in [4.78, 5) is 21.6. The van der Waals surface area contributed by atoms with Crippen molar-refractivity contribution in [2.45, 2.75) is 0 Å². The highest BCUT2D eigenvalue weighted by Crippen LogP contribution is 2.29. The van der Waals surface area contributed by atoms with Crippen LogP contribution in [0.1, 0.15) is 10.6 Å². The van der Waals surface area contributed by atoms with Crippen LogP contribution in [0.4, 0.5) is 11.6 Å². The highest BCUT2D eigenvalue weighted by Gasteiger charge is 2.26. The molecule has 2 aliphatic heterocycles. The number of nitrogens with zero attached hydrogens (tertiary/aromatic N) is 6. The number of hydrogen-bond acceptors (Lipinski definition) is 8. The van der Waals surface area contributed by atoms with Gasteiger partial charge in [0.05, 0.1) is 7.11 Å².